The number of para-hydroxylation sites is 1. The summed E-state index contributed by atoms with van der Waals surface area (Å²) >= 11 is 0. The van der Waals surface area contributed by atoms with Crippen molar-refractivity contribution in [2.45, 2.75) is 13.0 Å². The molecule has 1 radical (unpaired) electrons. The Bertz CT molecular complexity index is 443. The van der Waals surface area contributed by atoms with Gasteiger partial charge in [0, 0.05) is 0 Å². The average molecular weight is 194 g/mol. The first-order valence-electron chi connectivity index (χ1n) is 5.26. The topological polar surface area (TPSA) is 14.1 Å². The molecule has 1 aliphatic rings. The van der Waals surface area contributed by atoms with Crippen molar-refractivity contribution >= 4 is 5.69 Å². The van der Waals surface area contributed by atoms with E-state index in [4.69, 9.17) is 0 Å². The van der Waals surface area contributed by atoms with E-state index >= 15 is 0 Å². The van der Waals surface area contributed by atoms with Crippen molar-refractivity contribution in [2.24, 2.45) is 0 Å². The largest absolute Gasteiger partial charge is 0.280 e. The van der Waals surface area contributed by atoms with Crippen molar-refractivity contribution in [1.82, 2.24) is 5.32 Å². The van der Waals surface area contributed by atoms with Gasteiger partial charge in [-0.25, -0.2) is 0 Å². The fourth-order valence-corrected chi connectivity index (χ4v) is 2.07. The summed E-state index contributed by atoms with van der Waals surface area (Å²) < 4.78 is 0. The van der Waals surface area contributed by atoms with E-state index in [0.717, 1.165) is 18.7 Å². The molecule has 2 aromatic rings. The first-order chi connectivity index (χ1) is 7.43. The van der Waals surface area contributed by atoms with Gasteiger partial charge in [-0.3, -0.25) is 5.32 Å². The minimum atomic E-state index is 0.813. The normalized spacial score (nSPS) is 13.3. The van der Waals surface area contributed by atoms with Crippen LogP contribution in [-0.2, 0) is 13.0 Å². The van der Waals surface area contributed by atoms with Crippen LogP contribution in [-0.4, -0.2) is 0 Å². The van der Waals surface area contributed by atoms with Crippen LogP contribution in [0.5, 0.6) is 0 Å². The Morgan fingerprint density at radius 1 is 0.733 bits per heavy atom. The number of nitrogens with zero attached hydrogens (tertiary/aromatic N) is 1. The maximum atomic E-state index is 4.63. The molecule has 0 atom stereocenters. The Labute approximate surface area is 89.8 Å². The molecule has 0 saturated heterocycles. The van der Waals surface area contributed by atoms with Crippen molar-refractivity contribution in [1.29, 1.82) is 0 Å². The minimum absolute atomic E-state index is 0.813. The lowest BCUT2D eigenvalue weighted by Gasteiger charge is -2.03. The van der Waals surface area contributed by atoms with Crippen molar-refractivity contribution in [3.63, 3.8) is 0 Å². The zero-order chi connectivity index (χ0) is 10.1. The summed E-state index contributed by atoms with van der Waals surface area (Å²) in [7, 11) is 0. The molecule has 1 nitrogen and oxygen atoms in total. The summed E-state index contributed by atoms with van der Waals surface area (Å²) in [5.74, 6) is 0. The molecule has 0 fully saturated rings. The standard InChI is InChI=1S/C14H12N/c1-2-7-13-10-15-14-8-4-3-6-12(14)9-11(13)5-1/h1-8H,9-10H2. The average Bonchev–Trinajstić information content (AvgIpc) is 2.48. The second-order valence-corrected chi connectivity index (χ2v) is 3.89. The molecular formula is C14H12N. The van der Waals surface area contributed by atoms with Gasteiger partial charge in [0.2, 0.25) is 0 Å². The number of hydrogen-bond acceptors (Lipinski definition) is 0. The summed E-state index contributed by atoms with van der Waals surface area (Å²) in [4.78, 5) is 0. The van der Waals surface area contributed by atoms with Crippen LogP contribution in [0, 0.1) is 0 Å². The Kier molecular flexibility index (Phi) is 1.95. The first kappa shape index (κ1) is 8.54. The molecule has 15 heavy (non-hydrogen) atoms. The smallest absolute Gasteiger partial charge is 0.0649 e. The minimum Gasteiger partial charge on any atom is -0.280 e. The molecule has 0 N–H and O–H groups in total. The maximum Gasteiger partial charge on any atom is 0.0649 e. The van der Waals surface area contributed by atoms with Crippen molar-refractivity contribution < 1.29 is 0 Å². The van der Waals surface area contributed by atoms with E-state index in [1.807, 2.05) is 0 Å². The molecular weight excluding hydrogens is 182 g/mol. The Balaban J connectivity index is 2.10. The van der Waals surface area contributed by atoms with Crippen molar-refractivity contribution in [3.8, 4) is 0 Å². The molecule has 0 aliphatic carbocycles. The summed E-state index contributed by atoms with van der Waals surface area (Å²) in [5, 5.41) is 4.63. The highest BCUT2D eigenvalue weighted by Gasteiger charge is 2.11. The van der Waals surface area contributed by atoms with E-state index in [0.29, 0.717) is 0 Å². The summed E-state index contributed by atoms with van der Waals surface area (Å²) in [6.07, 6.45) is 1.01. The van der Waals surface area contributed by atoms with Gasteiger partial charge in [0.25, 0.3) is 0 Å². The molecule has 0 saturated carbocycles. The lowest BCUT2D eigenvalue weighted by molar-refractivity contribution is 0.867. The SMILES string of the molecule is c1ccc2c(c1)C[N]c1ccccc1C2. The third-order valence-electron chi connectivity index (χ3n) is 2.91. The van der Waals surface area contributed by atoms with Crippen LogP contribution in [0.3, 0.4) is 0 Å². The first-order valence-corrected chi connectivity index (χ1v) is 5.26. The van der Waals surface area contributed by atoms with Crippen LogP contribution in [0.1, 0.15) is 16.7 Å². The van der Waals surface area contributed by atoms with Crippen LogP contribution in [0.4, 0.5) is 5.69 Å². The predicted octanol–water partition coefficient (Wildman–Crippen LogP) is 3.03. The Hall–Kier alpha value is -1.76. The van der Waals surface area contributed by atoms with Crippen LogP contribution in [0.25, 0.3) is 0 Å². The van der Waals surface area contributed by atoms with Gasteiger partial charge in [-0.15, -0.1) is 0 Å². The van der Waals surface area contributed by atoms with Crippen LogP contribution in [0.15, 0.2) is 48.5 Å². The fraction of sp³-hybridized carbons (Fsp3) is 0.143. The summed E-state index contributed by atoms with van der Waals surface area (Å²) in [6.45, 7) is 0.813. The van der Waals surface area contributed by atoms with E-state index in [2.05, 4.69) is 53.8 Å². The third kappa shape index (κ3) is 1.50. The highest BCUT2D eigenvalue weighted by molar-refractivity contribution is 5.50. The molecule has 2 aromatic carbocycles. The third-order valence-corrected chi connectivity index (χ3v) is 2.91. The van der Waals surface area contributed by atoms with Gasteiger partial charge in [0.05, 0.1) is 12.2 Å². The van der Waals surface area contributed by atoms with E-state index in [1.54, 1.807) is 0 Å². The predicted molar refractivity (Wildman–Crippen MR) is 61.2 cm³/mol. The molecule has 1 aliphatic heterocycles. The van der Waals surface area contributed by atoms with Gasteiger partial charge >= 0.3 is 0 Å². The maximum absolute atomic E-state index is 4.63. The monoisotopic (exact) mass is 194 g/mol. The number of fused-ring (bicyclic) bond motifs is 2. The highest BCUT2D eigenvalue weighted by Crippen LogP contribution is 2.25. The van der Waals surface area contributed by atoms with Crippen LogP contribution in [0.2, 0.25) is 0 Å². The molecule has 0 bridgehead atoms. The molecule has 0 amide bonds. The van der Waals surface area contributed by atoms with Gasteiger partial charge < -0.3 is 0 Å². The van der Waals surface area contributed by atoms with Gasteiger partial charge in [-0.1, -0.05) is 42.5 Å². The molecule has 0 unspecified atom stereocenters. The highest BCUT2D eigenvalue weighted by atomic mass is 14.9. The van der Waals surface area contributed by atoms with E-state index in [1.165, 1.54) is 16.7 Å². The molecule has 0 spiro atoms. The van der Waals surface area contributed by atoms with Crippen LogP contribution >= 0.6 is 0 Å². The second-order valence-electron chi connectivity index (χ2n) is 3.89. The molecule has 73 valence electrons. The van der Waals surface area contributed by atoms with Gasteiger partial charge in [0.1, 0.15) is 0 Å². The zero-order valence-corrected chi connectivity index (χ0v) is 8.48. The number of hydrogen-bond donors (Lipinski definition) is 0. The van der Waals surface area contributed by atoms with Crippen molar-refractivity contribution in [2.75, 3.05) is 0 Å². The van der Waals surface area contributed by atoms with Gasteiger partial charge in [-0.2, -0.15) is 0 Å². The Morgan fingerprint density at radius 2 is 1.40 bits per heavy atom. The van der Waals surface area contributed by atoms with Gasteiger partial charge in [-0.05, 0) is 29.2 Å². The molecule has 0 aromatic heterocycles. The van der Waals surface area contributed by atoms with E-state index in [-0.39, 0.29) is 0 Å². The molecule has 3 rings (SSSR count). The van der Waals surface area contributed by atoms with Crippen LogP contribution < -0.4 is 5.32 Å². The lowest BCUT2D eigenvalue weighted by atomic mass is 10.0. The molecule has 1 heteroatoms. The van der Waals surface area contributed by atoms with E-state index < -0.39 is 0 Å². The second kappa shape index (κ2) is 3.43. The quantitative estimate of drug-likeness (QED) is 0.612. The Morgan fingerprint density at radius 3 is 2.27 bits per heavy atom. The zero-order valence-electron chi connectivity index (χ0n) is 8.48. The number of benzene rings is 2. The fourth-order valence-electron chi connectivity index (χ4n) is 2.07. The number of rotatable bonds is 0. The van der Waals surface area contributed by atoms with E-state index in [9.17, 15) is 0 Å². The summed E-state index contributed by atoms with van der Waals surface area (Å²) in [6, 6.07) is 17.0. The van der Waals surface area contributed by atoms with Gasteiger partial charge in [0.15, 0.2) is 0 Å². The lowest BCUT2D eigenvalue weighted by Crippen LogP contribution is -1.97. The summed E-state index contributed by atoms with van der Waals surface area (Å²) in [5.41, 5.74) is 5.25. The van der Waals surface area contributed by atoms with Crippen molar-refractivity contribution in [3.05, 3.63) is 65.2 Å². The molecule has 1 heterocycles.